The molecule has 0 fully saturated rings. The summed E-state index contributed by atoms with van der Waals surface area (Å²) in [5.41, 5.74) is 7.92. The van der Waals surface area contributed by atoms with Gasteiger partial charge in [0.05, 0.1) is 11.7 Å². The molecule has 1 aromatic carbocycles. The minimum atomic E-state index is -0.00949. The standard InChI is InChI=1S/C12H13ClN2S/c1-7(14)12-15-11(8(2)16-12)9-3-5-10(13)6-4-9/h3-7H,14H2,1-2H3/t7-/m0/s1. The van der Waals surface area contributed by atoms with Gasteiger partial charge in [-0.15, -0.1) is 11.3 Å². The molecule has 2 N–H and O–H groups in total. The number of hydrogen-bond acceptors (Lipinski definition) is 3. The highest BCUT2D eigenvalue weighted by Crippen LogP contribution is 2.30. The number of nitrogens with zero attached hydrogens (tertiary/aromatic N) is 1. The summed E-state index contributed by atoms with van der Waals surface area (Å²) in [6, 6.07) is 7.71. The zero-order valence-electron chi connectivity index (χ0n) is 9.20. The van der Waals surface area contributed by atoms with Crippen LogP contribution in [-0.2, 0) is 0 Å². The summed E-state index contributed by atoms with van der Waals surface area (Å²) in [5.74, 6) is 0. The van der Waals surface area contributed by atoms with Crippen molar-refractivity contribution in [3.63, 3.8) is 0 Å². The van der Waals surface area contributed by atoms with Gasteiger partial charge in [0, 0.05) is 15.5 Å². The predicted octanol–water partition coefficient (Wildman–Crippen LogP) is 3.79. The summed E-state index contributed by atoms with van der Waals surface area (Å²) in [6.45, 7) is 4.01. The minimum Gasteiger partial charge on any atom is -0.322 e. The quantitative estimate of drug-likeness (QED) is 0.883. The normalized spacial score (nSPS) is 12.8. The van der Waals surface area contributed by atoms with Crippen molar-refractivity contribution in [3.8, 4) is 11.3 Å². The van der Waals surface area contributed by atoms with Crippen LogP contribution in [0.5, 0.6) is 0 Å². The molecule has 0 saturated heterocycles. The van der Waals surface area contributed by atoms with E-state index in [1.54, 1.807) is 11.3 Å². The minimum absolute atomic E-state index is 0.00949. The van der Waals surface area contributed by atoms with E-state index >= 15 is 0 Å². The molecule has 4 heteroatoms. The van der Waals surface area contributed by atoms with Gasteiger partial charge in [-0.05, 0) is 26.0 Å². The Kier molecular flexibility index (Phi) is 3.28. The van der Waals surface area contributed by atoms with Gasteiger partial charge in [0.15, 0.2) is 0 Å². The SMILES string of the molecule is Cc1sc([C@H](C)N)nc1-c1ccc(Cl)cc1. The van der Waals surface area contributed by atoms with Gasteiger partial charge in [-0.3, -0.25) is 0 Å². The van der Waals surface area contributed by atoms with Crippen LogP contribution in [0.25, 0.3) is 11.3 Å². The van der Waals surface area contributed by atoms with Crippen LogP contribution in [0.15, 0.2) is 24.3 Å². The van der Waals surface area contributed by atoms with Crippen molar-refractivity contribution in [3.05, 3.63) is 39.2 Å². The Bertz CT molecular complexity index is 488. The molecule has 1 atom stereocenters. The van der Waals surface area contributed by atoms with E-state index < -0.39 is 0 Å². The fraction of sp³-hybridized carbons (Fsp3) is 0.250. The third kappa shape index (κ3) is 2.26. The highest BCUT2D eigenvalue weighted by atomic mass is 35.5. The molecule has 0 unspecified atom stereocenters. The molecule has 1 aromatic heterocycles. The van der Waals surface area contributed by atoms with Gasteiger partial charge in [0.25, 0.3) is 0 Å². The van der Waals surface area contributed by atoms with Gasteiger partial charge >= 0.3 is 0 Å². The monoisotopic (exact) mass is 252 g/mol. The fourth-order valence-corrected chi connectivity index (χ4v) is 2.51. The lowest BCUT2D eigenvalue weighted by Gasteiger charge is -1.99. The van der Waals surface area contributed by atoms with Crippen LogP contribution in [0.1, 0.15) is 22.9 Å². The van der Waals surface area contributed by atoms with E-state index in [-0.39, 0.29) is 6.04 Å². The lowest BCUT2D eigenvalue weighted by atomic mass is 10.1. The smallest absolute Gasteiger partial charge is 0.110 e. The molecule has 2 nitrogen and oxygen atoms in total. The van der Waals surface area contributed by atoms with Crippen LogP contribution in [-0.4, -0.2) is 4.98 Å². The Balaban J connectivity index is 2.44. The van der Waals surface area contributed by atoms with Crippen molar-refractivity contribution in [1.29, 1.82) is 0 Å². The van der Waals surface area contributed by atoms with E-state index in [9.17, 15) is 0 Å². The predicted molar refractivity (Wildman–Crippen MR) is 69.9 cm³/mol. The van der Waals surface area contributed by atoms with Crippen molar-refractivity contribution in [1.82, 2.24) is 4.98 Å². The van der Waals surface area contributed by atoms with Crippen molar-refractivity contribution in [2.24, 2.45) is 5.73 Å². The van der Waals surface area contributed by atoms with Crippen LogP contribution in [0.2, 0.25) is 5.02 Å². The van der Waals surface area contributed by atoms with Gasteiger partial charge in [-0.25, -0.2) is 4.98 Å². The van der Waals surface area contributed by atoms with Crippen LogP contribution >= 0.6 is 22.9 Å². The number of hydrogen-bond donors (Lipinski definition) is 1. The van der Waals surface area contributed by atoms with Gasteiger partial charge in [-0.2, -0.15) is 0 Å². The molecular formula is C12H13ClN2S. The number of halogens is 1. The number of benzene rings is 1. The molecule has 0 bridgehead atoms. The maximum Gasteiger partial charge on any atom is 0.110 e. The first-order valence-electron chi connectivity index (χ1n) is 5.07. The number of aromatic nitrogens is 1. The van der Waals surface area contributed by atoms with Gasteiger partial charge in [0.2, 0.25) is 0 Å². The first-order valence-corrected chi connectivity index (χ1v) is 6.26. The van der Waals surface area contributed by atoms with Crippen LogP contribution in [0.3, 0.4) is 0 Å². The third-order valence-electron chi connectivity index (χ3n) is 2.32. The summed E-state index contributed by atoms with van der Waals surface area (Å²) in [4.78, 5) is 5.75. The summed E-state index contributed by atoms with van der Waals surface area (Å²) >= 11 is 7.51. The number of nitrogens with two attached hydrogens (primary N) is 1. The second kappa shape index (κ2) is 4.53. The number of rotatable bonds is 2. The van der Waals surface area contributed by atoms with E-state index in [0.29, 0.717) is 0 Å². The molecule has 0 aliphatic rings. The molecule has 0 aliphatic carbocycles. The lowest BCUT2D eigenvalue weighted by Crippen LogP contribution is -2.03. The van der Waals surface area contributed by atoms with Gasteiger partial charge in [0.1, 0.15) is 5.01 Å². The zero-order chi connectivity index (χ0) is 11.7. The molecule has 0 radical (unpaired) electrons. The summed E-state index contributed by atoms with van der Waals surface area (Å²) in [7, 11) is 0. The lowest BCUT2D eigenvalue weighted by molar-refractivity contribution is 0.808. The van der Waals surface area contributed by atoms with E-state index in [1.165, 1.54) is 4.88 Å². The van der Waals surface area contributed by atoms with E-state index in [2.05, 4.69) is 11.9 Å². The van der Waals surface area contributed by atoms with E-state index in [0.717, 1.165) is 21.3 Å². The first-order chi connectivity index (χ1) is 7.58. The van der Waals surface area contributed by atoms with Crippen LogP contribution in [0, 0.1) is 6.92 Å². The average molecular weight is 253 g/mol. The molecule has 0 saturated carbocycles. The molecule has 0 aliphatic heterocycles. The Morgan fingerprint density at radius 3 is 2.44 bits per heavy atom. The third-order valence-corrected chi connectivity index (χ3v) is 3.74. The van der Waals surface area contributed by atoms with Crippen molar-refractivity contribution in [2.75, 3.05) is 0 Å². The molecule has 2 rings (SSSR count). The second-order valence-electron chi connectivity index (χ2n) is 3.75. The Morgan fingerprint density at radius 2 is 1.94 bits per heavy atom. The van der Waals surface area contributed by atoms with Crippen molar-refractivity contribution >= 4 is 22.9 Å². The highest BCUT2D eigenvalue weighted by molar-refractivity contribution is 7.12. The molecule has 0 spiro atoms. The maximum absolute atomic E-state index is 5.86. The summed E-state index contributed by atoms with van der Waals surface area (Å²) in [6.07, 6.45) is 0. The zero-order valence-corrected chi connectivity index (χ0v) is 10.8. The van der Waals surface area contributed by atoms with Crippen molar-refractivity contribution < 1.29 is 0 Å². The molecule has 84 valence electrons. The topological polar surface area (TPSA) is 38.9 Å². The fourth-order valence-electron chi connectivity index (χ4n) is 1.49. The molecular weight excluding hydrogens is 240 g/mol. The average Bonchev–Trinajstić information content (AvgIpc) is 2.62. The van der Waals surface area contributed by atoms with Crippen LogP contribution < -0.4 is 5.73 Å². The Morgan fingerprint density at radius 1 is 1.31 bits per heavy atom. The van der Waals surface area contributed by atoms with Gasteiger partial charge in [-0.1, -0.05) is 23.7 Å². The highest BCUT2D eigenvalue weighted by Gasteiger charge is 2.11. The molecule has 0 amide bonds. The molecule has 1 heterocycles. The van der Waals surface area contributed by atoms with Crippen molar-refractivity contribution in [2.45, 2.75) is 19.9 Å². The molecule has 2 aromatic rings. The first kappa shape index (κ1) is 11.6. The Hall–Kier alpha value is -0.900. The summed E-state index contributed by atoms with van der Waals surface area (Å²) in [5, 5.41) is 1.71. The molecule has 16 heavy (non-hydrogen) atoms. The van der Waals surface area contributed by atoms with E-state index in [4.69, 9.17) is 17.3 Å². The number of aryl methyl sites for hydroxylation is 1. The summed E-state index contributed by atoms with van der Waals surface area (Å²) < 4.78 is 0. The van der Waals surface area contributed by atoms with E-state index in [1.807, 2.05) is 31.2 Å². The van der Waals surface area contributed by atoms with Gasteiger partial charge < -0.3 is 5.73 Å². The maximum atomic E-state index is 5.86. The van der Waals surface area contributed by atoms with Crippen LogP contribution in [0.4, 0.5) is 0 Å². The second-order valence-corrected chi connectivity index (χ2v) is 5.42. The largest absolute Gasteiger partial charge is 0.322 e. The Labute approximate surface area is 104 Å². The number of thiazole rings is 1.